The molecule has 0 aliphatic heterocycles. The predicted octanol–water partition coefficient (Wildman–Crippen LogP) is 2.35. The van der Waals surface area contributed by atoms with Crippen molar-refractivity contribution in [1.82, 2.24) is 5.32 Å². The van der Waals surface area contributed by atoms with E-state index in [1.165, 1.54) is 25.1 Å². The number of carbonyl (C=O) groups excluding carboxylic acids is 1. The molecule has 0 radical (unpaired) electrons. The first kappa shape index (κ1) is 20.7. The molecule has 1 atom stereocenters. The van der Waals surface area contributed by atoms with Crippen LogP contribution in [0, 0.1) is 5.82 Å². The lowest BCUT2D eigenvalue weighted by Crippen LogP contribution is -2.48. The Bertz CT molecular complexity index is 885. The van der Waals surface area contributed by atoms with Gasteiger partial charge < -0.3 is 10.1 Å². The van der Waals surface area contributed by atoms with Gasteiger partial charge in [0.1, 0.15) is 17.6 Å². The van der Waals surface area contributed by atoms with Gasteiger partial charge in [-0.1, -0.05) is 24.3 Å². The molecule has 27 heavy (non-hydrogen) atoms. The molecule has 2 aromatic rings. The summed E-state index contributed by atoms with van der Waals surface area (Å²) in [6.07, 6.45) is 1.52. The maximum absolute atomic E-state index is 14.1. The molecule has 0 aliphatic rings. The second-order valence-electron chi connectivity index (χ2n) is 6.08. The fourth-order valence-electron chi connectivity index (χ4n) is 2.68. The number of anilines is 1. The molecule has 8 heteroatoms. The van der Waals surface area contributed by atoms with E-state index in [9.17, 15) is 17.6 Å². The molecule has 0 aromatic heterocycles. The van der Waals surface area contributed by atoms with E-state index in [0.717, 1.165) is 27.9 Å². The minimum Gasteiger partial charge on any atom is -0.497 e. The molecular weight excluding hydrogens is 371 g/mol. The van der Waals surface area contributed by atoms with E-state index in [4.69, 9.17) is 4.74 Å². The van der Waals surface area contributed by atoms with Gasteiger partial charge >= 0.3 is 0 Å². The van der Waals surface area contributed by atoms with Crippen LogP contribution in [0.1, 0.15) is 12.5 Å². The number of benzene rings is 2. The van der Waals surface area contributed by atoms with Gasteiger partial charge in [-0.3, -0.25) is 9.10 Å². The van der Waals surface area contributed by atoms with Crippen LogP contribution in [0.15, 0.2) is 48.5 Å². The van der Waals surface area contributed by atoms with Crippen molar-refractivity contribution in [2.45, 2.75) is 19.4 Å². The summed E-state index contributed by atoms with van der Waals surface area (Å²) < 4.78 is 44.3. The van der Waals surface area contributed by atoms with Crippen LogP contribution in [-0.2, 0) is 21.2 Å². The third kappa shape index (κ3) is 5.43. The highest BCUT2D eigenvalue weighted by atomic mass is 32.2. The molecule has 2 rings (SSSR count). The number of hydrogen-bond donors (Lipinski definition) is 1. The molecule has 0 bridgehead atoms. The molecule has 1 amide bonds. The van der Waals surface area contributed by atoms with Crippen molar-refractivity contribution >= 4 is 21.6 Å². The summed E-state index contributed by atoms with van der Waals surface area (Å²) in [7, 11) is -2.27. The van der Waals surface area contributed by atoms with Crippen LogP contribution in [0.25, 0.3) is 0 Å². The Hall–Kier alpha value is -2.61. The zero-order chi connectivity index (χ0) is 20.0. The monoisotopic (exact) mass is 394 g/mol. The maximum atomic E-state index is 14.1. The van der Waals surface area contributed by atoms with E-state index < -0.39 is 27.8 Å². The second kappa shape index (κ2) is 8.85. The van der Waals surface area contributed by atoms with E-state index in [2.05, 4.69) is 5.32 Å². The predicted molar refractivity (Wildman–Crippen MR) is 103 cm³/mol. The van der Waals surface area contributed by atoms with Gasteiger partial charge in [0.25, 0.3) is 0 Å². The molecule has 2 aromatic carbocycles. The summed E-state index contributed by atoms with van der Waals surface area (Å²) >= 11 is 0. The highest BCUT2D eigenvalue weighted by Crippen LogP contribution is 2.24. The number of nitrogens with zero attached hydrogens (tertiary/aromatic N) is 1. The molecule has 0 heterocycles. The maximum Gasteiger partial charge on any atom is 0.243 e. The highest BCUT2D eigenvalue weighted by Gasteiger charge is 2.30. The number of nitrogens with one attached hydrogen (secondary N) is 1. The minimum absolute atomic E-state index is 0.155. The van der Waals surface area contributed by atoms with Crippen molar-refractivity contribution in [2.24, 2.45) is 0 Å². The van der Waals surface area contributed by atoms with Crippen LogP contribution < -0.4 is 14.4 Å². The van der Waals surface area contributed by atoms with Crippen LogP contribution in [0.4, 0.5) is 10.1 Å². The largest absolute Gasteiger partial charge is 0.497 e. The molecule has 0 unspecified atom stereocenters. The zero-order valence-electron chi connectivity index (χ0n) is 15.5. The van der Waals surface area contributed by atoms with Crippen LogP contribution in [0.5, 0.6) is 5.75 Å². The topological polar surface area (TPSA) is 75.7 Å². The number of para-hydroxylation sites is 1. The number of carbonyl (C=O) groups is 1. The standard InChI is InChI=1S/C19H23FN2O4S/c1-14(22(27(3,24)25)18-7-5-4-6-17(18)20)19(23)21-13-12-15-8-10-16(26-2)11-9-15/h4-11,14H,12-13H2,1-3H3,(H,21,23)/t14-/m1/s1. The van der Waals surface area contributed by atoms with Gasteiger partial charge in [0.15, 0.2) is 0 Å². The summed E-state index contributed by atoms with van der Waals surface area (Å²) in [6.45, 7) is 1.75. The van der Waals surface area contributed by atoms with Gasteiger partial charge in [0.05, 0.1) is 19.1 Å². The third-order valence-electron chi connectivity index (χ3n) is 4.05. The van der Waals surface area contributed by atoms with Gasteiger partial charge in [0, 0.05) is 6.54 Å². The fourth-order valence-corrected chi connectivity index (χ4v) is 3.86. The first-order valence-electron chi connectivity index (χ1n) is 8.38. The van der Waals surface area contributed by atoms with Crippen molar-refractivity contribution in [3.8, 4) is 5.75 Å². The molecule has 0 fully saturated rings. The molecule has 0 saturated heterocycles. The van der Waals surface area contributed by atoms with Gasteiger partial charge in [-0.05, 0) is 43.2 Å². The number of hydrogen-bond acceptors (Lipinski definition) is 4. The van der Waals surface area contributed by atoms with Crippen molar-refractivity contribution < 1.29 is 22.3 Å². The van der Waals surface area contributed by atoms with E-state index in [1.54, 1.807) is 7.11 Å². The zero-order valence-corrected chi connectivity index (χ0v) is 16.3. The summed E-state index contributed by atoms with van der Waals surface area (Å²) in [6, 6.07) is 11.8. The van der Waals surface area contributed by atoms with E-state index in [1.807, 2.05) is 24.3 Å². The lowest BCUT2D eigenvalue weighted by molar-refractivity contribution is -0.121. The number of ether oxygens (including phenoxy) is 1. The van der Waals surface area contributed by atoms with E-state index >= 15 is 0 Å². The van der Waals surface area contributed by atoms with Gasteiger partial charge in [-0.25, -0.2) is 12.8 Å². The van der Waals surface area contributed by atoms with Gasteiger partial charge in [-0.2, -0.15) is 0 Å². The lowest BCUT2D eigenvalue weighted by atomic mass is 10.1. The van der Waals surface area contributed by atoms with Crippen LogP contribution in [0.2, 0.25) is 0 Å². The Labute approximate surface area is 159 Å². The van der Waals surface area contributed by atoms with Crippen LogP contribution in [0.3, 0.4) is 0 Å². The van der Waals surface area contributed by atoms with Crippen molar-refractivity contribution in [3.63, 3.8) is 0 Å². The molecule has 1 N–H and O–H groups in total. The minimum atomic E-state index is -3.85. The molecule has 0 spiro atoms. The highest BCUT2D eigenvalue weighted by molar-refractivity contribution is 7.92. The van der Waals surface area contributed by atoms with E-state index in [-0.39, 0.29) is 5.69 Å². The number of methoxy groups -OCH3 is 1. The Balaban J connectivity index is 2.05. The fraction of sp³-hybridized carbons (Fsp3) is 0.316. The quantitative estimate of drug-likeness (QED) is 0.746. The van der Waals surface area contributed by atoms with Gasteiger partial charge in [-0.15, -0.1) is 0 Å². The summed E-state index contributed by atoms with van der Waals surface area (Å²) in [5.41, 5.74) is 0.843. The molecule has 0 saturated carbocycles. The summed E-state index contributed by atoms with van der Waals surface area (Å²) in [5, 5.41) is 2.70. The Morgan fingerprint density at radius 3 is 2.37 bits per heavy atom. The number of amides is 1. The molecule has 146 valence electrons. The first-order chi connectivity index (χ1) is 12.7. The number of rotatable bonds is 8. The van der Waals surface area contributed by atoms with Crippen LogP contribution in [-0.4, -0.2) is 40.3 Å². The van der Waals surface area contributed by atoms with Gasteiger partial charge in [0.2, 0.25) is 15.9 Å². The Morgan fingerprint density at radius 1 is 1.19 bits per heavy atom. The number of sulfonamides is 1. The Morgan fingerprint density at radius 2 is 1.81 bits per heavy atom. The van der Waals surface area contributed by atoms with Crippen molar-refractivity contribution in [2.75, 3.05) is 24.2 Å². The third-order valence-corrected chi connectivity index (χ3v) is 5.28. The summed E-state index contributed by atoms with van der Waals surface area (Å²) in [5.74, 6) is -0.469. The lowest BCUT2D eigenvalue weighted by Gasteiger charge is -2.28. The van der Waals surface area contributed by atoms with Crippen molar-refractivity contribution in [1.29, 1.82) is 0 Å². The average Bonchev–Trinajstić information content (AvgIpc) is 2.63. The molecular formula is C19H23FN2O4S. The van der Waals surface area contributed by atoms with Crippen molar-refractivity contribution in [3.05, 3.63) is 59.9 Å². The Kier molecular flexibility index (Phi) is 6.79. The number of halogens is 1. The normalized spacial score (nSPS) is 12.3. The van der Waals surface area contributed by atoms with E-state index in [0.29, 0.717) is 13.0 Å². The molecule has 0 aliphatic carbocycles. The summed E-state index contributed by atoms with van der Waals surface area (Å²) in [4.78, 5) is 12.4. The first-order valence-corrected chi connectivity index (χ1v) is 10.2. The SMILES string of the molecule is COc1ccc(CCNC(=O)[C@@H](C)N(c2ccccc2F)S(C)(=O)=O)cc1. The smallest absolute Gasteiger partial charge is 0.243 e. The second-order valence-corrected chi connectivity index (χ2v) is 7.93. The average molecular weight is 394 g/mol. The van der Waals surface area contributed by atoms with Crippen LogP contribution >= 0.6 is 0 Å². The molecule has 6 nitrogen and oxygen atoms in total.